The van der Waals surface area contributed by atoms with Gasteiger partial charge in [-0.1, -0.05) is 25.7 Å². The molecule has 0 amide bonds. The van der Waals surface area contributed by atoms with Crippen LogP contribution in [0.4, 0.5) is 4.39 Å². The molecule has 0 spiro atoms. The SMILES string of the molecule is COc1ccc(C(=O)C2(OC)CCCCCC2)cc1F. The molecule has 20 heavy (non-hydrogen) atoms. The Kier molecular flexibility index (Phi) is 4.76. The third-order valence-electron chi connectivity index (χ3n) is 4.13. The van der Waals surface area contributed by atoms with Crippen LogP contribution in [0, 0.1) is 5.82 Å². The molecule has 1 saturated carbocycles. The fourth-order valence-electron chi connectivity index (χ4n) is 2.89. The molecular weight excluding hydrogens is 259 g/mol. The highest BCUT2D eigenvalue weighted by Crippen LogP contribution is 2.33. The molecule has 0 heterocycles. The molecule has 110 valence electrons. The predicted molar refractivity (Wildman–Crippen MR) is 74.7 cm³/mol. The predicted octanol–water partition coefficient (Wildman–Crippen LogP) is 3.76. The number of halogens is 1. The molecule has 0 unspecified atom stereocenters. The first-order chi connectivity index (χ1) is 9.63. The molecule has 0 radical (unpaired) electrons. The van der Waals surface area contributed by atoms with E-state index in [1.165, 1.54) is 19.2 Å². The first-order valence-corrected chi connectivity index (χ1v) is 7.06. The molecule has 1 aromatic rings. The zero-order chi connectivity index (χ0) is 14.6. The lowest BCUT2D eigenvalue weighted by Gasteiger charge is -2.29. The lowest BCUT2D eigenvalue weighted by atomic mass is 9.85. The second-order valence-corrected chi connectivity index (χ2v) is 5.29. The summed E-state index contributed by atoms with van der Waals surface area (Å²) in [6, 6.07) is 4.34. The van der Waals surface area contributed by atoms with Gasteiger partial charge < -0.3 is 9.47 Å². The molecule has 1 aromatic carbocycles. The summed E-state index contributed by atoms with van der Waals surface area (Å²) in [6.07, 6.45) is 5.59. The van der Waals surface area contributed by atoms with Gasteiger partial charge in [0.25, 0.3) is 0 Å². The van der Waals surface area contributed by atoms with Gasteiger partial charge in [-0.05, 0) is 31.0 Å². The molecule has 0 aliphatic heterocycles. The Bertz CT molecular complexity index is 477. The summed E-state index contributed by atoms with van der Waals surface area (Å²) in [6.45, 7) is 0. The molecule has 0 N–H and O–H groups in total. The fourth-order valence-corrected chi connectivity index (χ4v) is 2.89. The number of benzene rings is 1. The molecule has 0 aromatic heterocycles. The maximum absolute atomic E-state index is 13.8. The maximum Gasteiger partial charge on any atom is 0.194 e. The van der Waals surface area contributed by atoms with Crippen molar-refractivity contribution in [2.24, 2.45) is 0 Å². The number of ketones is 1. The zero-order valence-corrected chi connectivity index (χ0v) is 12.1. The molecule has 0 saturated heterocycles. The van der Waals surface area contributed by atoms with Crippen molar-refractivity contribution in [3.05, 3.63) is 29.6 Å². The normalized spacial score (nSPS) is 18.4. The van der Waals surface area contributed by atoms with Crippen molar-refractivity contribution in [1.82, 2.24) is 0 Å². The Morgan fingerprint density at radius 1 is 1.15 bits per heavy atom. The van der Waals surface area contributed by atoms with Crippen LogP contribution >= 0.6 is 0 Å². The minimum Gasteiger partial charge on any atom is -0.494 e. The number of rotatable bonds is 4. The molecule has 0 atom stereocenters. The van der Waals surface area contributed by atoms with Crippen LogP contribution in [0.2, 0.25) is 0 Å². The Morgan fingerprint density at radius 2 is 1.80 bits per heavy atom. The number of hydrogen-bond acceptors (Lipinski definition) is 3. The van der Waals surface area contributed by atoms with Crippen molar-refractivity contribution in [1.29, 1.82) is 0 Å². The van der Waals surface area contributed by atoms with E-state index in [2.05, 4.69) is 0 Å². The summed E-state index contributed by atoms with van der Waals surface area (Å²) in [4.78, 5) is 12.7. The van der Waals surface area contributed by atoms with Crippen molar-refractivity contribution < 1.29 is 18.7 Å². The van der Waals surface area contributed by atoms with Crippen LogP contribution in [0.5, 0.6) is 5.75 Å². The van der Waals surface area contributed by atoms with E-state index in [1.54, 1.807) is 13.2 Å². The second kappa shape index (κ2) is 6.35. The first kappa shape index (κ1) is 15.0. The zero-order valence-electron chi connectivity index (χ0n) is 12.1. The Labute approximate surface area is 119 Å². The number of carbonyl (C=O) groups is 1. The lowest BCUT2D eigenvalue weighted by molar-refractivity contribution is -0.00695. The number of Topliss-reactive ketones (excluding diaryl/α,β-unsaturated/α-hetero) is 1. The quantitative estimate of drug-likeness (QED) is 0.622. The summed E-state index contributed by atoms with van der Waals surface area (Å²) in [5.41, 5.74) is -0.440. The van der Waals surface area contributed by atoms with Crippen LogP contribution in [-0.4, -0.2) is 25.6 Å². The van der Waals surface area contributed by atoms with Gasteiger partial charge in [0.1, 0.15) is 5.60 Å². The third kappa shape index (κ3) is 2.85. The molecule has 1 aliphatic carbocycles. The van der Waals surface area contributed by atoms with Gasteiger partial charge in [-0.15, -0.1) is 0 Å². The van der Waals surface area contributed by atoms with Gasteiger partial charge in [0.15, 0.2) is 17.3 Å². The largest absolute Gasteiger partial charge is 0.494 e. The Balaban J connectivity index is 2.30. The van der Waals surface area contributed by atoms with Crippen LogP contribution in [0.15, 0.2) is 18.2 Å². The highest BCUT2D eigenvalue weighted by atomic mass is 19.1. The number of hydrogen-bond donors (Lipinski definition) is 0. The van der Waals surface area contributed by atoms with E-state index in [4.69, 9.17) is 9.47 Å². The maximum atomic E-state index is 13.8. The molecule has 1 fully saturated rings. The van der Waals surface area contributed by atoms with Gasteiger partial charge in [0.2, 0.25) is 0 Å². The van der Waals surface area contributed by atoms with Gasteiger partial charge >= 0.3 is 0 Å². The van der Waals surface area contributed by atoms with Crippen molar-refractivity contribution in [2.75, 3.05) is 14.2 Å². The molecular formula is C16H21FO3. The highest BCUT2D eigenvalue weighted by molar-refractivity contribution is 6.02. The summed E-state index contributed by atoms with van der Waals surface area (Å²) in [5, 5.41) is 0. The second-order valence-electron chi connectivity index (χ2n) is 5.29. The van der Waals surface area contributed by atoms with E-state index in [-0.39, 0.29) is 11.5 Å². The summed E-state index contributed by atoms with van der Waals surface area (Å²) >= 11 is 0. The van der Waals surface area contributed by atoms with Gasteiger partial charge in [-0.25, -0.2) is 4.39 Å². The summed E-state index contributed by atoms with van der Waals surface area (Å²) < 4.78 is 24.2. The smallest absolute Gasteiger partial charge is 0.194 e. The van der Waals surface area contributed by atoms with E-state index >= 15 is 0 Å². The van der Waals surface area contributed by atoms with Gasteiger partial charge in [0.05, 0.1) is 7.11 Å². The van der Waals surface area contributed by atoms with Crippen molar-refractivity contribution in [3.8, 4) is 5.75 Å². The lowest BCUT2D eigenvalue weighted by Crippen LogP contribution is -2.40. The van der Waals surface area contributed by atoms with Crippen molar-refractivity contribution in [3.63, 3.8) is 0 Å². The standard InChI is InChI=1S/C16H21FO3/c1-19-14-8-7-12(11-13(14)17)15(18)16(20-2)9-5-3-4-6-10-16/h7-8,11H,3-6,9-10H2,1-2H3. The van der Waals surface area contributed by atoms with Crippen molar-refractivity contribution in [2.45, 2.75) is 44.1 Å². The summed E-state index contributed by atoms with van der Waals surface area (Å²) in [5.74, 6) is -0.490. The van der Waals surface area contributed by atoms with E-state index in [9.17, 15) is 9.18 Å². The van der Waals surface area contributed by atoms with Crippen LogP contribution in [0.25, 0.3) is 0 Å². The van der Waals surface area contributed by atoms with Crippen LogP contribution in [0.3, 0.4) is 0 Å². The molecule has 0 bridgehead atoms. The van der Waals surface area contributed by atoms with Crippen molar-refractivity contribution >= 4 is 5.78 Å². The average Bonchev–Trinajstić information content (AvgIpc) is 2.72. The third-order valence-corrected chi connectivity index (χ3v) is 4.13. The Hall–Kier alpha value is -1.42. The van der Waals surface area contributed by atoms with Crippen LogP contribution in [-0.2, 0) is 4.74 Å². The van der Waals surface area contributed by atoms with E-state index in [0.29, 0.717) is 18.4 Å². The van der Waals surface area contributed by atoms with E-state index in [0.717, 1.165) is 25.7 Å². The molecule has 4 heteroatoms. The molecule has 1 aliphatic rings. The Morgan fingerprint density at radius 3 is 2.30 bits per heavy atom. The topological polar surface area (TPSA) is 35.5 Å². The van der Waals surface area contributed by atoms with Crippen LogP contribution in [0.1, 0.15) is 48.9 Å². The number of methoxy groups -OCH3 is 2. The van der Waals surface area contributed by atoms with Crippen LogP contribution < -0.4 is 4.74 Å². The van der Waals surface area contributed by atoms with Gasteiger partial charge in [0, 0.05) is 12.7 Å². The van der Waals surface area contributed by atoms with E-state index in [1.807, 2.05) is 0 Å². The van der Waals surface area contributed by atoms with E-state index < -0.39 is 11.4 Å². The number of carbonyl (C=O) groups excluding carboxylic acids is 1. The highest BCUT2D eigenvalue weighted by Gasteiger charge is 2.39. The van der Waals surface area contributed by atoms with Gasteiger partial charge in [-0.2, -0.15) is 0 Å². The number of ether oxygens (including phenoxy) is 2. The first-order valence-electron chi connectivity index (χ1n) is 7.06. The fraction of sp³-hybridized carbons (Fsp3) is 0.562. The summed E-state index contributed by atoms with van der Waals surface area (Å²) in [7, 11) is 2.98. The molecule has 3 nitrogen and oxygen atoms in total. The average molecular weight is 280 g/mol. The minimum atomic E-state index is -0.794. The van der Waals surface area contributed by atoms with Gasteiger partial charge in [-0.3, -0.25) is 4.79 Å². The minimum absolute atomic E-state index is 0.122. The molecule has 2 rings (SSSR count). The monoisotopic (exact) mass is 280 g/mol.